The van der Waals surface area contributed by atoms with Crippen molar-refractivity contribution in [1.82, 2.24) is 0 Å². The highest BCUT2D eigenvalue weighted by molar-refractivity contribution is 14.1. The normalized spacial score (nSPS) is 16.1. The SMILES string of the molecule is CCC(N)(N)C(=O)CC(=O)C(C)(N)I. The summed E-state index contributed by atoms with van der Waals surface area (Å²) in [5.41, 5.74) is 15.1. The second-order valence-corrected chi connectivity index (χ2v) is 5.73. The number of hydrogen-bond acceptors (Lipinski definition) is 5. The summed E-state index contributed by atoms with van der Waals surface area (Å²) in [5, 5.41) is 0. The number of halogens is 1. The molecule has 0 fully saturated rings. The van der Waals surface area contributed by atoms with Crippen molar-refractivity contribution in [2.75, 3.05) is 0 Å². The first-order chi connectivity index (χ1) is 6.11. The Hall–Kier alpha value is -0.0500. The van der Waals surface area contributed by atoms with E-state index in [0.717, 1.165) is 0 Å². The van der Waals surface area contributed by atoms with Crippen molar-refractivity contribution in [2.45, 2.75) is 35.9 Å². The zero-order chi connectivity index (χ0) is 11.6. The van der Waals surface area contributed by atoms with Gasteiger partial charge in [0.2, 0.25) is 0 Å². The molecule has 1 atom stereocenters. The number of rotatable bonds is 5. The molecule has 0 aromatic carbocycles. The van der Waals surface area contributed by atoms with Gasteiger partial charge >= 0.3 is 0 Å². The Bertz CT molecular complexity index is 245. The first-order valence-electron chi connectivity index (χ1n) is 4.23. The van der Waals surface area contributed by atoms with E-state index >= 15 is 0 Å². The molecule has 0 bridgehead atoms. The minimum absolute atomic E-state index is 0.293. The topological polar surface area (TPSA) is 112 Å². The minimum Gasteiger partial charge on any atom is -0.311 e. The Morgan fingerprint density at radius 1 is 1.21 bits per heavy atom. The van der Waals surface area contributed by atoms with Crippen LogP contribution in [0.4, 0.5) is 0 Å². The Labute approximate surface area is 96.9 Å². The van der Waals surface area contributed by atoms with Crippen molar-refractivity contribution >= 4 is 34.2 Å². The molecule has 0 aliphatic heterocycles. The van der Waals surface area contributed by atoms with E-state index in [1.54, 1.807) is 29.5 Å². The molecule has 0 aliphatic carbocycles. The zero-order valence-corrected chi connectivity index (χ0v) is 10.5. The van der Waals surface area contributed by atoms with Crippen LogP contribution < -0.4 is 17.2 Å². The summed E-state index contributed by atoms with van der Waals surface area (Å²) >= 11 is 1.77. The van der Waals surface area contributed by atoms with E-state index in [0.29, 0.717) is 6.42 Å². The van der Waals surface area contributed by atoms with Gasteiger partial charge in [0, 0.05) is 0 Å². The molecule has 0 radical (unpaired) electrons. The average Bonchev–Trinajstić information content (AvgIpc) is 2.02. The lowest BCUT2D eigenvalue weighted by Crippen LogP contribution is -2.57. The first-order valence-corrected chi connectivity index (χ1v) is 5.31. The fourth-order valence-electron chi connectivity index (χ4n) is 0.680. The van der Waals surface area contributed by atoms with Gasteiger partial charge in [-0.25, -0.2) is 0 Å². The Morgan fingerprint density at radius 2 is 1.64 bits per heavy atom. The molecule has 14 heavy (non-hydrogen) atoms. The van der Waals surface area contributed by atoms with E-state index in [2.05, 4.69) is 0 Å². The Balaban J connectivity index is 4.43. The number of ketones is 2. The second kappa shape index (κ2) is 4.65. The molecule has 5 nitrogen and oxygen atoms in total. The lowest BCUT2D eigenvalue weighted by atomic mass is 9.97. The van der Waals surface area contributed by atoms with Crippen molar-refractivity contribution in [1.29, 1.82) is 0 Å². The zero-order valence-electron chi connectivity index (χ0n) is 8.34. The molecule has 0 rings (SSSR count). The van der Waals surface area contributed by atoms with Crippen molar-refractivity contribution in [3.8, 4) is 0 Å². The largest absolute Gasteiger partial charge is 0.311 e. The van der Waals surface area contributed by atoms with Crippen molar-refractivity contribution < 1.29 is 9.59 Å². The summed E-state index contributed by atoms with van der Waals surface area (Å²) in [4.78, 5) is 22.8. The maximum atomic E-state index is 11.4. The van der Waals surface area contributed by atoms with Crippen molar-refractivity contribution in [3.63, 3.8) is 0 Å². The fourth-order valence-corrected chi connectivity index (χ4v) is 0.871. The number of Topliss-reactive ketones (excluding diaryl/α,β-unsaturated/α-hetero) is 2. The summed E-state index contributed by atoms with van der Waals surface area (Å²) in [5.74, 6) is -0.838. The molecule has 0 amide bonds. The van der Waals surface area contributed by atoms with Crippen LogP contribution in [0.5, 0.6) is 0 Å². The van der Waals surface area contributed by atoms with Gasteiger partial charge in [0.25, 0.3) is 0 Å². The summed E-state index contributed by atoms with van der Waals surface area (Å²) < 4.78 is -1.04. The Kier molecular flexibility index (Phi) is 4.63. The van der Waals surface area contributed by atoms with Crippen LogP contribution in [-0.2, 0) is 9.59 Å². The molecule has 6 heteroatoms. The fraction of sp³-hybridized carbons (Fsp3) is 0.750. The quantitative estimate of drug-likeness (QED) is 0.211. The molecule has 0 saturated heterocycles. The van der Waals surface area contributed by atoms with Crippen LogP contribution in [0.1, 0.15) is 26.7 Å². The third-order valence-electron chi connectivity index (χ3n) is 1.97. The average molecular weight is 313 g/mol. The number of alkyl halides is 1. The lowest BCUT2D eigenvalue weighted by molar-refractivity contribution is -0.130. The molecule has 0 aliphatic rings. The third-order valence-corrected chi connectivity index (χ3v) is 2.57. The predicted molar refractivity (Wildman–Crippen MR) is 62.6 cm³/mol. The van der Waals surface area contributed by atoms with E-state index in [4.69, 9.17) is 17.2 Å². The van der Waals surface area contributed by atoms with Crippen LogP contribution in [0.15, 0.2) is 0 Å². The maximum absolute atomic E-state index is 11.4. The number of nitrogens with two attached hydrogens (primary N) is 3. The van der Waals surface area contributed by atoms with Crippen LogP contribution in [0.2, 0.25) is 0 Å². The molecule has 0 aromatic rings. The van der Waals surface area contributed by atoms with Gasteiger partial charge in [0.05, 0.1) is 6.42 Å². The van der Waals surface area contributed by atoms with Crippen LogP contribution in [0.25, 0.3) is 0 Å². The van der Waals surface area contributed by atoms with Gasteiger partial charge in [-0.3, -0.25) is 9.59 Å². The summed E-state index contributed by atoms with van der Waals surface area (Å²) in [6.07, 6.45) is -0.0155. The Morgan fingerprint density at radius 3 is 1.93 bits per heavy atom. The summed E-state index contributed by atoms with van der Waals surface area (Å²) in [6.45, 7) is 3.22. The monoisotopic (exact) mass is 313 g/mol. The smallest absolute Gasteiger partial charge is 0.174 e. The second-order valence-electron chi connectivity index (χ2n) is 3.49. The van der Waals surface area contributed by atoms with Gasteiger partial charge in [-0.05, 0) is 13.3 Å². The van der Waals surface area contributed by atoms with E-state index in [-0.39, 0.29) is 12.2 Å². The molecule has 0 spiro atoms. The van der Waals surface area contributed by atoms with Gasteiger partial charge in [0.1, 0.15) is 9.21 Å². The van der Waals surface area contributed by atoms with E-state index in [1.807, 2.05) is 0 Å². The van der Waals surface area contributed by atoms with E-state index in [9.17, 15) is 9.59 Å². The number of hydrogen-bond donors (Lipinski definition) is 3. The van der Waals surface area contributed by atoms with Crippen molar-refractivity contribution in [3.05, 3.63) is 0 Å². The highest BCUT2D eigenvalue weighted by Crippen LogP contribution is 2.15. The van der Waals surface area contributed by atoms with Crippen LogP contribution in [-0.4, -0.2) is 20.8 Å². The van der Waals surface area contributed by atoms with Gasteiger partial charge in [0.15, 0.2) is 11.6 Å². The van der Waals surface area contributed by atoms with Crippen molar-refractivity contribution in [2.24, 2.45) is 17.2 Å². The van der Waals surface area contributed by atoms with Crippen LogP contribution in [0.3, 0.4) is 0 Å². The molecule has 0 saturated carbocycles. The van der Waals surface area contributed by atoms with Gasteiger partial charge in [-0.15, -0.1) is 0 Å². The van der Waals surface area contributed by atoms with Gasteiger partial charge in [-0.1, -0.05) is 29.5 Å². The molecule has 0 heterocycles. The predicted octanol–water partition coefficient (Wildman–Crippen LogP) is -0.352. The van der Waals surface area contributed by atoms with E-state index < -0.39 is 15.0 Å². The van der Waals surface area contributed by atoms with Crippen LogP contribution in [0, 0.1) is 0 Å². The minimum atomic E-state index is -1.42. The summed E-state index contributed by atoms with van der Waals surface area (Å²) in [6, 6.07) is 0. The van der Waals surface area contributed by atoms with Crippen LogP contribution >= 0.6 is 22.6 Å². The lowest BCUT2D eigenvalue weighted by Gasteiger charge is -2.22. The molecular formula is C8H16IN3O2. The first kappa shape index (κ1) is 13.9. The van der Waals surface area contributed by atoms with Gasteiger partial charge < -0.3 is 17.2 Å². The standard InChI is InChI=1S/C8H16IN3O2/c1-3-8(11,12)6(14)4-5(13)7(2,9)10/h3-4,10-12H2,1-2H3. The maximum Gasteiger partial charge on any atom is 0.174 e. The molecule has 82 valence electrons. The number of carbonyl (C=O) groups excluding carboxylic acids is 2. The molecular weight excluding hydrogens is 297 g/mol. The summed E-state index contributed by atoms with van der Waals surface area (Å²) in [7, 11) is 0. The van der Waals surface area contributed by atoms with Gasteiger partial charge in [-0.2, -0.15) is 0 Å². The third kappa shape index (κ3) is 3.99. The number of carbonyl (C=O) groups is 2. The molecule has 1 unspecified atom stereocenters. The molecule has 0 aromatic heterocycles. The highest BCUT2D eigenvalue weighted by atomic mass is 127. The van der Waals surface area contributed by atoms with E-state index in [1.165, 1.54) is 6.92 Å². The highest BCUT2D eigenvalue weighted by Gasteiger charge is 2.33. The molecule has 6 N–H and O–H groups in total.